The molecule has 5 heteroatoms. The number of amides is 1. The molecule has 0 aliphatic heterocycles. The summed E-state index contributed by atoms with van der Waals surface area (Å²) in [5.41, 5.74) is 6.16. The molecule has 0 aliphatic carbocycles. The van der Waals surface area contributed by atoms with Gasteiger partial charge in [0, 0.05) is 12.2 Å². The van der Waals surface area contributed by atoms with Crippen LogP contribution in [-0.4, -0.2) is 16.8 Å². The largest absolute Gasteiger partial charge is 0.508 e. The van der Waals surface area contributed by atoms with Crippen molar-refractivity contribution in [2.24, 2.45) is 5.73 Å². The lowest BCUT2D eigenvalue weighted by molar-refractivity contribution is 0.0636. The number of hydrogen-bond acceptors (Lipinski definition) is 4. The van der Waals surface area contributed by atoms with Crippen LogP contribution in [-0.2, 0) is 11.3 Å². The summed E-state index contributed by atoms with van der Waals surface area (Å²) in [5.74, 6) is 0.111. The smallest absolute Gasteiger partial charge is 0.412 e. The molecule has 94 valence electrons. The topological polar surface area (TPSA) is 84.6 Å². The summed E-state index contributed by atoms with van der Waals surface area (Å²) in [6.07, 6.45) is -0.544. The molecule has 0 saturated heterocycles. The first-order valence-electron chi connectivity index (χ1n) is 5.34. The molecule has 4 N–H and O–H groups in total. The first kappa shape index (κ1) is 13.3. The van der Waals surface area contributed by atoms with E-state index in [-0.39, 0.29) is 12.3 Å². The number of hydrogen-bond donors (Lipinski definition) is 3. The summed E-state index contributed by atoms with van der Waals surface area (Å²) in [7, 11) is 0. The van der Waals surface area contributed by atoms with Crippen molar-refractivity contribution >= 4 is 11.8 Å². The summed E-state index contributed by atoms with van der Waals surface area (Å²) in [4.78, 5) is 11.5. The number of phenols is 1. The van der Waals surface area contributed by atoms with Crippen LogP contribution < -0.4 is 11.1 Å². The third-order valence-electron chi connectivity index (χ3n) is 1.94. The number of rotatable bonds is 2. The van der Waals surface area contributed by atoms with Crippen LogP contribution in [0.1, 0.15) is 26.3 Å². The minimum Gasteiger partial charge on any atom is -0.508 e. The van der Waals surface area contributed by atoms with Crippen molar-refractivity contribution in [3.63, 3.8) is 0 Å². The fourth-order valence-corrected chi connectivity index (χ4v) is 1.28. The molecule has 0 fully saturated rings. The molecule has 0 aliphatic rings. The van der Waals surface area contributed by atoms with Gasteiger partial charge < -0.3 is 15.6 Å². The average molecular weight is 238 g/mol. The van der Waals surface area contributed by atoms with Crippen LogP contribution in [0.4, 0.5) is 10.5 Å². The lowest BCUT2D eigenvalue weighted by Gasteiger charge is -2.20. The number of anilines is 1. The van der Waals surface area contributed by atoms with E-state index in [1.54, 1.807) is 26.8 Å². The minimum absolute atomic E-state index is 0.111. The molecule has 0 radical (unpaired) electrons. The molecule has 0 heterocycles. The molecule has 0 unspecified atom stereocenters. The molecule has 5 nitrogen and oxygen atoms in total. The highest BCUT2D eigenvalue weighted by atomic mass is 16.6. The monoisotopic (exact) mass is 238 g/mol. The van der Waals surface area contributed by atoms with Crippen molar-refractivity contribution in [2.45, 2.75) is 32.9 Å². The molecule has 0 atom stereocenters. The predicted molar refractivity (Wildman–Crippen MR) is 65.9 cm³/mol. The Morgan fingerprint density at radius 2 is 2.12 bits per heavy atom. The van der Waals surface area contributed by atoms with E-state index in [2.05, 4.69) is 5.32 Å². The molecule has 0 saturated carbocycles. The van der Waals surface area contributed by atoms with Crippen LogP contribution in [0, 0.1) is 0 Å². The third-order valence-corrected chi connectivity index (χ3v) is 1.94. The van der Waals surface area contributed by atoms with Gasteiger partial charge >= 0.3 is 6.09 Å². The molecule has 1 amide bonds. The highest BCUT2D eigenvalue weighted by molar-refractivity contribution is 5.86. The van der Waals surface area contributed by atoms with Crippen LogP contribution in [0.15, 0.2) is 18.2 Å². The number of phenolic OH excluding ortho intramolecular Hbond substituents is 1. The van der Waals surface area contributed by atoms with Gasteiger partial charge in [-0.05, 0) is 44.5 Å². The second-order valence-electron chi connectivity index (χ2n) is 4.67. The maximum atomic E-state index is 11.5. The van der Waals surface area contributed by atoms with E-state index in [9.17, 15) is 9.90 Å². The molecular formula is C12H18N2O3. The minimum atomic E-state index is -0.552. The zero-order valence-corrected chi connectivity index (χ0v) is 10.3. The fraction of sp³-hybridized carbons (Fsp3) is 0.417. The Balaban J connectivity index is 2.78. The zero-order chi connectivity index (χ0) is 13.1. The average Bonchev–Trinajstić information content (AvgIpc) is 2.17. The zero-order valence-electron chi connectivity index (χ0n) is 10.3. The molecule has 1 aromatic carbocycles. The van der Waals surface area contributed by atoms with Gasteiger partial charge in [-0.25, -0.2) is 4.79 Å². The van der Waals surface area contributed by atoms with E-state index < -0.39 is 11.7 Å². The van der Waals surface area contributed by atoms with Crippen molar-refractivity contribution in [1.82, 2.24) is 0 Å². The third kappa shape index (κ3) is 4.32. The number of aromatic hydroxyl groups is 1. The van der Waals surface area contributed by atoms with Gasteiger partial charge in [0.2, 0.25) is 0 Å². The Morgan fingerprint density at radius 3 is 2.65 bits per heavy atom. The number of carbonyl (C=O) groups excluding carboxylic acids is 1. The van der Waals surface area contributed by atoms with E-state index in [1.807, 2.05) is 0 Å². The fourth-order valence-electron chi connectivity index (χ4n) is 1.28. The maximum absolute atomic E-state index is 11.5. The Morgan fingerprint density at radius 1 is 1.47 bits per heavy atom. The second kappa shape index (κ2) is 5.05. The van der Waals surface area contributed by atoms with Crippen molar-refractivity contribution in [3.05, 3.63) is 23.8 Å². The quantitative estimate of drug-likeness (QED) is 0.689. The Labute approximate surface area is 101 Å². The SMILES string of the molecule is CC(C)(C)OC(=O)Nc1ccc(O)cc1CN. The highest BCUT2D eigenvalue weighted by Gasteiger charge is 2.17. The van der Waals surface area contributed by atoms with E-state index in [0.29, 0.717) is 11.3 Å². The van der Waals surface area contributed by atoms with E-state index >= 15 is 0 Å². The lowest BCUT2D eigenvalue weighted by Crippen LogP contribution is -2.27. The van der Waals surface area contributed by atoms with Gasteiger partial charge in [-0.3, -0.25) is 5.32 Å². The second-order valence-corrected chi connectivity index (χ2v) is 4.67. The van der Waals surface area contributed by atoms with Gasteiger partial charge in [0.15, 0.2) is 0 Å². The molecule has 0 spiro atoms. The lowest BCUT2D eigenvalue weighted by atomic mass is 10.1. The number of ether oxygens (including phenoxy) is 1. The summed E-state index contributed by atoms with van der Waals surface area (Å²) in [6, 6.07) is 4.57. The van der Waals surface area contributed by atoms with Gasteiger partial charge in [-0.1, -0.05) is 0 Å². The normalized spacial score (nSPS) is 11.1. The van der Waals surface area contributed by atoms with Crippen LogP contribution in [0.25, 0.3) is 0 Å². The Bertz CT molecular complexity index is 411. The van der Waals surface area contributed by atoms with Gasteiger partial charge in [-0.2, -0.15) is 0 Å². The van der Waals surface area contributed by atoms with E-state index in [1.165, 1.54) is 12.1 Å². The van der Waals surface area contributed by atoms with Crippen LogP contribution in [0.2, 0.25) is 0 Å². The van der Waals surface area contributed by atoms with Crippen molar-refractivity contribution in [1.29, 1.82) is 0 Å². The first-order valence-corrected chi connectivity index (χ1v) is 5.34. The van der Waals surface area contributed by atoms with Crippen molar-refractivity contribution in [2.75, 3.05) is 5.32 Å². The Hall–Kier alpha value is -1.75. The van der Waals surface area contributed by atoms with Crippen molar-refractivity contribution < 1.29 is 14.6 Å². The van der Waals surface area contributed by atoms with E-state index in [4.69, 9.17) is 10.5 Å². The van der Waals surface area contributed by atoms with Gasteiger partial charge in [0.1, 0.15) is 11.4 Å². The standard InChI is InChI=1S/C12H18N2O3/c1-12(2,3)17-11(16)14-10-5-4-9(15)6-8(10)7-13/h4-6,15H,7,13H2,1-3H3,(H,14,16). The molecule has 17 heavy (non-hydrogen) atoms. The first-order chi connectivity index (χ1) is 7.81. The summed E-state index contributed by atoms with van der Waals surface area (Å²) in [5, 5.41) is 11.9. The van der Waals surface area contributed by atoms with Crippen molar-refractivity contribution in [3.8, 4) is 5.75 Å². The van der Waals surface area contributed by atoms with E-state index in [0.717, 1.165) is 0 Å². The molecule has 1 rings (SSSR count). The number of nitrogens with one attached hydrogen (secondary N) is 1. The van der Waals surface area contributed by atoms with Crippen LogP contribution in [0.3, 0.4) is 0 Å². The van der Waals surface area contributed by atoms with Crippen LogP contribution in [0.5, 0.6) is 5.75 Å². The van der Waals surface area contributed by atoms with Gasteiger partial charge in [-0.15, -0.1) is 0 Å². The number of benzene rings is 1. The molecule has 1 aromatic rings. The number of carbonyl (C=O) groups is 1. The van der Waals surface area contributed by atoms with Gasteiger partial charge in [0.05, 0.1) is 0 Å². The molecule has 0 bridgehead atoms. The van der Waals surface area contributed by atoms with Gasteiger partial charge in [0.25, 0.3) is 0 Å². The maximum Gasteiger partial charge on any atom is 0.412 e. The molecule has 0 aromatic heterocycles. The summed E-state index contributed by atoms with van der Waals surface area (Å²) >= 11 is 0. The number of nitrogens with two attached hydrogens (primary N) is 1. The Kier molecular flexibility index (Phi) is 3.96. The molecular weight excluding hydrogens is 220 g/mol. The predicted octanol–water partition coefficient (Wildman–Crippen LogP) is 2.20. The summed E-state index contributed by atoms with van der Waals surface area (Å²) < 4.78 is 5.12. The highest BCUT2D eigenvalue weighted by Crippen LogP contribution is 2.21. The summed E-state index contributed by atoms with van der Waals surface area (Å²) in [6.45, 7) is 5.58. The van der Waals surface area contributed by atoms with Crippen LogP contribution >= 0.6 is 0 Å².